The molecule has 0 amide bonds. The molecule has 0 aliphatic rings. The lowest BCUT2D eigenvalue weighted by molar-refractivity contribution is 0.0908. The fourth-order valence-corrected chi connectivity index (χ4v) is 2.12. The second kappa shape index (κ2) is 6.14. The molecular formula is C12H24N4O. The van der Waals surface area contributed by atoms with Crippen LogP contribution in [0.1, 0.15) is 24.2 Å². The summed E-state index contributed by atoms with van der Waals surface area (Å²) in [4.78, 5) is 2.24. The van der Waals surface area contributed by atoms with E-state index in [4.69, 9.17) is 10.5 Å². The lowest BCUT2D eigenvalue weighted by Gasteiger charge is -2.31. The van der Waals surface area contributed by atoms with Crippen molar-refractivity contribution in [2.24, 2.45) is 12.8 Å². The quantitative estimate of drug-likeness (QED) is 0.795. The molecule has 0 saturated carbocycles. The molecule has 2 unspecified atom stereocenters. The van der Waals surface area contributed by atoms with E-state index in [-0.39, 0.29) is 6.04 Å². The molecule has 0 fully saturated rings. The van der Waals surface area contributed by atoms with E-state index < -0.39 is 0 Å². The van der Waals surface area contributed by atoms with Gasteiger partial charge in [0.25, 0.3) is 0 Å². The van der Waals surface area contributed by atoms with Crippen molar-refractivity contribution in [1.29, 1.82) is 0 Å². The van der Waals surface area contributed by atoms with Crippen LogP contribution in [-0.2, 0) is 11.8 Å². The van der Waals surface area contributed by atoms with E-state index in [1.807, 2.05) is 24.9 Å². The molecule has 0 saturated heterocycles. The average molecular weight is 240 g/mol. The van der Waals surface area contributed by atoms with Gasteiger partial charge in [-0.2, -0.15) is 5.10 Å². The standard InChI is InChI=1S/C12H24N4O/c1-9(8-17-5)16(4)12(6-13)11-7-15(3)14-10(11)2/h7,9,12H,6,8,13H2,1-5H3. The Bertz CT molecular complexity index is 350. The topological polar surface area (TPSA) is 56.3 Å². The largest absolute Gasteiger partial charge is 0.383 e. The molecule has 0 spiro atoms. The summed E-state index contributed by atoms with van der Waals surface area (Å²) in [6, 6.07) is 0.516. The van der Waals surface area contributed by atoms with E-state index in [1.54, 1.807) is 7.11 Å². The molecule has 1 aromatic rings. The fraction of sp³-hybridized carbons (Fsp3) is 0.750. The third-order valence-electron chi connectivity index (χ3n) is 3.23. The van der Waals surface area contributed by atoms with Gasteiger partial charge in [0.15, 0.2) is 0 Å². The van der Waals surface area contributed by atoms with Crippen LogP contribution in [0.5, 0.6) is 0 Å². The number of nitrogens with zero attached hydrogens (tertiary/aromatic N) is 3. The molecule has 1 heterocycles. The Labute approximate surface area is 104 Å². The Kier molecular flexibility index (Phi) is 5.11. The van der Waals surface area contributed by atoms with Gasteiger partial charge in [-0.25, -0.2) is 0 Å². The van der Waals surface area contributed by atoms with E-state index in [2.05, 4.69) is 24.0 Å². The highest BCUT2D eigenvalue weighted by Crippen LogP contribution is 2.22. The summed E-state index contributed by atoms with van der Waals surface area (Å²) in [7, 11) is 5.73. The van der Waals surface area contributed by atoms with Gasteiger partial charge in [-0.3, -0.25) is 9.58 Å². The number of aryl methyl sites for hydroxylation is 2. The second-order valence-electron chi connectivity index (χ2n) is 4.56. The van der Waals surface area contributed by atoms with E-state index in [0.29, 0.717) is 19.2 Å². The Balaban J connectivity index is 2.87. The van der Waals surface area contributed by atoms with Crippen LogP contribution in [0, 0.1) is 6.92 Å². The van der Waals surface area contributed by atoms with Gasteiger partial charge in [0, 0.05) is 38.5 Å². The zero-order valence-corrected chi connectivity index (χ0v) is 11.5. The number of nitrogens with two attached hydrogens (primary N) is 1. The van der Waals surface area contributed by atoms with Crippen LogP contribution >= 0.6 is 0 Å². The van der Waals surface area contributed by atoms with Gasteiger partial charge in [0.1, 0.15) is 0 Å². The second-order valence-corrected chi connectivity index (χ2v) is 4.56. The molecule has 5 heteroatoms. The third-order valence-corrected chi connectivity index (χ3v) is 3.23. The fourth-order valence-electron chi connectivity index (χ4n) is 2.12. The van der Waals surface area contributed by atoms with Crippen molar-refractivity contribution < 1.29 is 4.74 Å². The van der Waals surface area contributed by atoms with Crippen molar-refractivity contribution in [3.05, 3.63) is 17.5 Å². The molecule has 0 aromatic carbocycles. The normalized spacial score (nSPS) is 15.2. The minimum Gasteiger partial charge on any atom is -0.383 e. The number of rotatable bonds is 6. The zero-order chi connectivity index (χ0) is 13.0. The highest BCUT2D eigenvalue weighted by Gasteiger charge is 2.23. The zero-order valence-electron chi connectivity index (χ0n) is 11.5. The molecule has 0 bridgehead atoms. The van der Waals surface area contributed by atoms with Crippen LogP contribution in [0.4, 0.5) is 0 Å². The van der Waals surface area contributed by atoms with Crippen LogP contribution in [0.2, 0.25) is 0 Å². The number of methoxy groups -OCH3 is 1. The van der Waals surface area contributed by atoms with Crippen LogP contribution in [0.15, 0.2) is 6.20 Å². The summed E-state index contributed by atoms with van der Waals surface area (Å²) < 4.78 is 7.02. The molecule has 1 rings (SSSR count). The molecular weight excluding hydrogens is 216 g/mol. The summed E-state index contributed by atoms with van der Waals surface area (Å²) in [5, 5.41) is 4.37. The molecule has 2 atom stereocenters. The monoisotopic (exact) mass is 240 g/mol. The molecule has 0 aliphatic carbocycles. The van der Waals surface area contributed by atoms with Gasteiger partial charge in [-0.15, -0.1) is 0 Å². The molecule has 0 aliphatic heterocycles. The maximum Gasteiger partial charge on any atom is 0.0641 e. The Morgan fingerprint density at radius 1 is 1.59 bits per heavy atom. The molecule has 5 nitrogen and oxygen atoms in total. The minimum absolute atomic E-state index is 0.189. The summed E-state index contributed by atoms with van der Waals surface area (Å²) in [5.74, 6) is 0. The predicted molar refractivity (Wildman–Crippen MR) is 68.8 cm³/mol. The maximum absolute atomic E-state index is 5.90. The van der Waals surface area contributed by atoms with E-state index in [0.717, 1.165) is 5.69 Å². The van der Waals surface area contributed by atoms with Crippen LogP contribution < -0.4 is 5.73 Å². The van der Waals surface area contributed by atoms with Gasteiger partial charge >= 0.3 is 0 Å². The van der Waals surface area contributed by atoms with Crippen molar-refractivity contribution >= 4 is 0 Å². The van der Waals surface area contributed by atoms with Crippen molar-refractivity contribution in [3.8, 4) is 0 Å². The Hall–Kier alpha value is -0.910. The van der Waals surface area contributed by atoms with Crippen molar-refractivity contribution in [2.45, 2.75) is 25.9 Å². The number of likely N-dealkylation sites (N-methyl/N-ethyl adjacent to an activating group) is 1. The highest BCUT2D eigenvalue weighted by atomic mass is 16.5. The summed E-state index contributed by atoms with van der Waals surface area (Å²) in [6.07, 6.45) is 2.04. The van der Waals surface area contributed by atoms with Gasteiger partial charge < -0.3 is 10.5 Å². The minimum atomic E-state index is 0.189. The van der Waals surface area contributed by atoms with Crippen LogP contribution in [0.3, 0.4) is 0 Å². The van der Waals surface area contributed by atoms with Crippen molar-refractivity contribution in [3.63, 3.8) is 0 Å². The lowest BCUT2D eigenvalue weighted by atomic mass is 10.1. The number of aromatic nitrogens is 2. The maximum atomic E-state index is 5.90. The molecule has 17 heavy (non-hydrogen) atoms. The number of hydrogen-bond donors (Lipinski definition) is 1. The number of ether oxygens (including phenoxy) is 1. The third kappa shape index (κ3) is 3.28. The smallest absolute Gasteiger partial charge is 0.0641 e. The first kappa shape index (κ1) is 14.2. The average Bonchev–Trinajstić information content (AvgIpc) is 2.59. The first-order valence-corrected chi connectivity index (χ1v) is 5.92. The molecule has 1 aromatic heterocycles. The van der Waals surface area contributed by atoms with Gasteiger partial charge in [0.05, 0.1) is 18.3 Å². The molecule has 0 radical (unpaired) electrons. The molecule has 98 valence electrons. The SMILES string of the molecule is COCC(C)N(C)C(CN)c1cn(C)nc1C. The van der Waals surface area contributed by atoms with Gasteiger partial charge in [0.2, 0.25) is 0 Å². The Morgan fingerprint density at radius 2 is 2.24 bits per heavy atom. The predicted octanol–water partition coefficient (Wildman–Crippen LogP) is 0.695. The van der Waals surface area contributed by atoms with E-state index >= 15 is 0 Å². The number of hydrogen-bond acceptors (Lipinski definition) is 4. The van der Waals surface area contributed by atoms with Gasteiger partial charge in [-0.05, 0) is 20.9 Å². The summed E-state index contributed by atoms with van der Waals surface area (Å²) in [5.41, 5.74) is 8.13. The summed E-state index contributed by atoms with van der Waals surface area (Å²) >= 11 is 0. The Morgan fingerprint density at radius 3 is 2.65 bits per heavy atom. The van der Waals surface area contributed by atoms with Gasteiger partial charge in [-0.1, -0.05) is 0 Å². The highest BCUT2D eigenvalue weighted by molar-refractivity contribution is 5.20. The van der Waals surface area contributed by atoms with E-state index in [9.17, 15) is 0 Å². The lowest BCUT2D eigenvalue weighted by Crippen LogP contribution is -2.39. The summed E-state index contributed by atoms with van der Waals surface area (Å²) in [6.45, 7) is 5.44. The molecule has 2 N–H and O–H groups in total. The van der Waals surface area contributed by atoms with Crippen LogP contribution in [-0.4, -0.2) is 48.0 Å². The first-order chi connectivity index (χ1) is 8.01. The van der Waals surface area contributed by atoms with Crippen molar-refractivity contribution in [2.75, 3.05) is 27.3 Å². The van der Waals surface area contributed by atoms with E-state index in [1.165, 1.54) is 5.56 Å². The first-order valence-electron chi connectivity index (χ1n) is 5.92. The van der Waals surface area contributed by atoms with Crippen LogP contribution in [0.25, 0.3) is 0 Å². The van der Waals surface area contributed by atoms with Crippen molar-refractivity contribution in [1.82, 2.24) is 14.7 Å².